The summed E-state index contributed by atoms with van der Waals surface area (Å²) in [7, 11) is 0. The zero-order valence-electron chi connectivity index (χ0n) is 17.7. The molecule has 1 saturated carbocycles. The zero-order chi connectivity index (χ0) is 22.3. The van der Waals surface area contributed by atoms with E-state index >= 15 is 0 Å². The number of hydrogen-bond acceptors (Lipinski definition) is 4. The number of carboxylic acids is 1. The number of nitrogens with one attached hydrogen (secondary N) is 2. The summed E-state index contributed by atoms with van der Waals surface area (Å²) in [5.41, 5.74) is 0.310. The predicted octanol–water partition coefficient (Wildman–Crippen LogP) is 3.89. The monoisotopic (exact) mass is 482 g/mol. The molecule has 0 spiro atoms. The van der Waals surface area contributed by atoms with Crippen LogP contribution in [0, 0.1) is 11.8 Å². The normalized spacial score (nSPS) is 20.1. The molecule has 2 amide bonds. The first-order valence-electron chi connectivity index (χ1n) is 10.3. The largest absolute Gasteiger partial charge is 0.480 e. The number of carboxylic acid groups (broad SMARTS) is 1. The van der Waals surface area contributed by atoms with Gasteiger partial charge in [0, 0.05) is 23.4 Å². The Balaban J connectivity index is 1.79. The van der Waals surface area contributed by atoms with E-state index in [4.69, 9.17) is 4.74 Å². The third kappa shape index (κ3) is 8.34. The summed E-state index contributed by atoms with van der Waals surface area (Å²) < 4.78 is 6.11. The van der Waals surface area contributed by atoms with E-state index in [1.165, 1.54) is 0 Å². The Kier molecular flexibility index (Phi) is 8.70. The lowest BCUT2D eigenvalue weighted by molar-refractivity contribution is -0.142. The smallest absolute Gasteiger partial charge is 0.407 e. The zero-order valence-corrected chi connectivity index (χ0v) is 19.3. The Morgan fingerprint density at radius 3 is 2.43 bits per heavy atom. The van der Waals surface area contributed by atoms with E-state index in [-0.39, 0.29) is 18.2 Å². The second-order valence-electron chi connectivity index (χ2n) is 8.83. The van der Waals surface area contributed by atoms with Gasteiger partial charge in [0.05, 0.1) is 0 Å². The number of carbonyl (C=O) groups excluding carboxylic acids is 2. The lowest BCUT2D eigenvalue weighted by Crippen LogP contribution is -2.46. The van der Waals surface area contributed by atoms with Crippen LogP contribution in [0.2, 0.25) is 0 Å². The molecular formula is C22H31BrN2O5. The van der Waals surface area contributed by atoms with Crippen molar-refractivity contribution in [2.45, 2.75) is 64.5 Å². The van der Waals surface area contributed by atoms with Crippen LogP contribution in [0.4, 0.5) is 4.79 Å². The van der Waals surface area contributed by atoms with Gasteiger partial charge in [0.2, 0.25) is 5.91 Å². The molecule has 7 nitrogen and oxygen atoms in total. The van der Waals surface area contributed by atoms with Crippen molar-refractivity contribution in [2.75, 3.05) is 6.54 Å². The molecule has 3 N–H and O–H groups in total. The number of hydrogen-bond donors (Lipinski definition) is 3. The number of halogens is 1. The fourth-order valence-electron chi connectivity index (χ4n) is 3.56. The highest BCUT2D eigenvalue weighted by atomic mass is 79.9. The van der Waals surface area contributed by atoms with Crippen molar-refractivity contribution in [3.8, 4) is 0 Å². The summed E-state index contributed by atoms with van der Waals surface area (Å²) in [5, 5.41) is 15.0. The van der Waals surface area contributed by atoms with Crippen LogP contribution in [0.1, 0.15) is 52.0 Å². The van der Waals surface area contributed by atoms with Crippen LogP contribution in [0.15, 0.2) is 28.7 Å². The number of aliphatic carboxylic acids is 1. The highest BCUT2D eigenvalue weighted by Crippen LogP contribution is 2.29. The number of carbonyl (C=O) groups is 3. The van der Waals surface area contributed by atoms with Crippen LogP contribution < -0.4 is 10.6 Å². The van der Waals surface area contributed by atoms with E-state index in [0.717, 1.165) is 22.9 Å². The van der Waals surface area contributed by atoms with Crippen LogP contribution in [-0.4, -0.2) is 41.3 Å². The van der Waals surface area contributed by atoms with Crippen LogP contribution >= 0.6 is 15.9 Å². The maximum absolute atomic E-state index is 12.6. The van der Waals surface area contributed by atoms with Gasteiger partial charge in [0.15, 0.2) is 0 Å². The lowest BCUT2D eigenvalue weighted by Gasteiger charge is -2.29. The molecule has 1 unspecified atom stereocenters. The van der Waals surface area contributed by atoms with Crippen LogP contribution in [0.25, 0.3) is 0 Å². The van der Waals surface area contributed by atoms with Crippen molar-refractivity contribution >= 4 is 33.9 Å². The van der Waals surface area contributed by atoms with E-state index in [1.54, 1.807) is 0 Å². The Hall–Kier alpha value is -2.09. The van der Waals surface area contributed by atoms with Crippen molar-refractivity contribution < 1.29 is 24.2 Å². The molecule has 0 aliphatic heterocycles. The van der Waals surface area contributed by atoms with E-state index in [0.29, 0.717) is 25.3 Å². The summed E-state index contributed by atoms with van der Waals surface area (Å²) >= 11 is 3.37. The molecule has 1 fully saturated rings. The average Bonchev–Trinajstić information content (AvgIpc) is 2.65. The quantitative estimate of drug-likeness (QED) is 0.546. The minimum Gasteiger partial charge on any atom is -0.480 e. The standard InChI is InChI=1S/C22H31BrN2O5/c1-22(2,3)30-21(29)24-13-14-7-9-16(10-8-14)19(26)25-18(20(27)28)12-15-5-4-6-17(23)11-15/h4-6,11,14,16,18H,7-10,12-13H2,1-3H3,(H,24,29)(H,25,26)(H,27,28). The van der Waals surface area contributed by atoms with Crippen molar-refractivity contribution in [1.29, 1.82) is 0 Å². The Labute approximate surface area is 186 Å². The first kappa shape index (κ1) is 24.2. The fourth-order valence-corrected chi connectivity index (χ4v) is 4.01. The second-order valence-corrected chi connectivity index (χ2v) is 9.75. The number of rotatable bonds is 7. The van der Waals surface area contributed by atoms with Crippen molar-refractivity contribution in [2.24, 2.45) is 11.8 Å². The molecule has 0 radical (unpaired) electrons. The maximum Gasteiger partial charge on any atom is 0.407 e. The van der Waals surface area contributed by atoms with Crippen molar-refractivity contribution in [3.63, 3.8) is 0 Å². The molecule has 1 atom stereocenters. The molecule has 2 rings (SSSR count). The minimum atomic E-state index is -1.04. The predicted molar refractivity (Wildman–Crippen MR) is 117 cm³/mol. The third-order valence-electron chi connectivity index (χ3n) is 5.09. The van der Waals surface area contributed by atoms with Gasteiger partial charge in [0.1, 0.15) is 11.6 Å². The molecule has 1 aromatic rings. The van der Waals surface area contributed by atoms with E-state index in [2.05, 4.69) is 26.6 Å². The van der Waals surface area contributed by atoms with Gasteiger partial charge in [-0.15, -0.1) is 0 Å². The summed E-state index contributed by atoms with van der Waals surface area (Å²) in [6.07, 6.45) is 2.76. The van der Waals surface area contributed by atoms with Crippen molar-refractivity contribution in [1.82, 2.24) is 10.6 Å². The molecule has 30 heavy (non-hydrogen) atoms. The van der Waals surface area contributed by atoms with Crippen LogP contribution in [-0.2, 0) is 20.7 Å². The van der Waals surface area contributed by atoms with E-state index in [1.807, 2.05) is 45.0 Å². The third-order valence-corrected chi connectivity index (χ3v) is 5.59. The summed E-state index contributed by atoms with van der Waals surface area (Å²) in [5.74, 6) is -1.17. The van der Waals surface area contributed by atoms with Gasteiger partial charge < -0.3 is 20.5 Å². The van der Waals surface area contributed by atoms with Crippen LogP contribution in [0.5, 0.6) is 0 Å². The number of benzene rings is 1. The second kappa shape index (κ2) is 10.8. The molecule has 0 heterocycles. The molecule has 1 aliphatic carbocycles. The topological polar surface area (TPSA) is 105 Å². The Bertz CT molecular complexity index is 754. The fraction of sp³-hybridized carbons (Fsp3) is 0.591. The van der Waals surface area contributed by atoms with Gasteiger partial charge in [-0.05, 0) is 70.1 Å². The molecule has 1 aliphatic rings. The first-order valence-corrected chi connectivity index (χ1v) is 11.1. The van der Waals surface area contributed by atoms with Crippen LogP contribution in [0.3, 0.4) is 0 Å². The number of amides is 2. The van der Waals surface area contributed by atoms with Crippen molar-refractivity contribution in [3.05, 3.63) is 34.3 Å². The molecule has 0 aromatic heterocycles. The van der Waals surface area contributed by atoms with E-state index in [9.17, 15) is 19.5 Å². The molecular weight excluding hydrogens is 452 g/mol. The van der Waals surface area contributed by atoms with Gasteiger partial charge in [0.25, 0.3) is 0 Å². The number of alkyl carbamates (subject to hydrolysis) is 1. The summed E-state index contributed by atoms with van der Waals surface area (Å²) in [6.45, 7) is 5.97. The van der Waals surface area contributed by atoms with E-state index < -0.39 is 23.7 Å². The lowest BCUT2D eigenvalue weighted by atomic mass is 9.81. The molecule has 0 bridgehead atoms. The first-order chi connectivity index (χ1) is 14.0. The highest BCUT2D eigenvalue weighted by Gasteiger charge is 2.30. The van der Waals surface area contributed by atoms with Gasteiger partial charge in [-0.3, -0.25) is 4.79 Å². The molecule has 8 heteroatoms. The van der Waals surface area contributed by atoms with Gasteiger partial charge >= 0.3 is 12.1 Å². The number of ether oxygens (including phenoxy) is 1. The van der Waals surface area contributed by atoms with Gasteiger partial charge in [-0.2, -0.15) is 0 Å². The summed E-state index contributed by atoms with van der Waals surface area (Å²) in [4.78, 5) is 36.0. The Morgan fingerprint density at radius 2 is 1.87 bits per heavy atom. The SMILES string of the molecule is CC(C)(C)OC(=O)NCC1CCC(C(=O)NC(Cc2cccc(Br)c2)C(=O)O)CC1. The summed E-state index contributed by atoms with van der Waals surface area (Å²) in [6, 6.07) is 6.44. The Morgan fingerprint density at radius 1 is 1.20 bits per heavy atom. The van der Waals surface area contributed by atoms with Gasteiger partial charge in [-0.1, -0.05) is 28.1 Å². The molecule has 166 valence electrons. The molecule has 0 saturated heterocycles. The maximum atomic E-state index is 12.6. The highest BCUT2D eigenvalue weighted by molar-refractivity contribution is 9.10. The minimum absolute atomic E-state index is 0.202. The average molecular weight is 483 g/mol. The van der Waals surface area contributed by atoms with Gasteiger partial charge in [-0.25, -0.2) is 9.59 Å². The molecule has 1 aromatic carbocycles.